The number of hydrogen-bond acceptors (Lipinski definition) is 3. The summed E-state index contributed by atoms with van der Waals surface area (Å²) < 4.78 is 0. The standard InChI is InChI=1S/C22H27ClN2O2S/c1-4-6-13-21(26)24-16-9-7-10-17(14-16)28-20(5-2)22(27)25-19-12-8-11-18(23)15(19)3/h7-12,14,20H,4-6,13H2,1-3H3,(H,24,26)(H,25,27). The molecule has 0 aliphatic carbocycles. The summed E-state index contributed by atoms with van der Waals surface area (Å²) in [7, 11) is 0. The topological polar surface area (TPSA) is 58.2 Å². The minimum atomic E-state index is -0.246. The number of rotatable bonds is 9. The van der Waals surface area contributed by atoms with Gasteiger partial charge in [0.25, 0.3) is 0 Å². The molecule has 1 unspecified atom stereocenters. The van der Waals surface area contributed by atoms with Gasteiger partial charge in [-0.2, -0.15) is 0 Å². The molecule has 0 aliphatic rings. The van der Waals surface area contributed by atoms with E-state index in [9.17, 15) is 9.59 Å². The Hall–Kier alpha value is -1.98. The first-order valence-corrected chi connectivity index (χ1v) is 10.8. The molecule has 0 spiro atoms. The van der Waals surface area contributed by atoms with Crippen molar-refractivity contribution < 1.29 is 9.59 Å². The number of unbranched alkanes of at least 4 members (excludes halogenated alkanes) is 1. The van der Waals surface area contributed by atoms with E-state index in [0.29, 0.717) is 17.9 Å². The Balaban J connectivity index is 2.03. The summed E-state index contributed by atoms with van der Waals surface area (Å²) in [5.74, 6) is -0.0412. The van der Waals surface area contributed by atoms with Gasteiger partial charge in [-0.25, -0.2) is 0 Å². The molecule has 1 atom stereocenters. The van der Waals surface area contributed by atoms with Crippen molar-refractivity contribution in [2.75, 3.05) is 10.6 Å². The third kappa shape index (κ3) is 6.57. The number of nitrogens with one attached hydrogen (secondary N) is 2. The van der Waals surface area contributed by atoms with Crippen molar-refractivity contribution >= 4 is 46.6 Å². The minimum absolute atomic E-state index is 0.0187. The van der Waals surface area contributed by atoms with Crippen LogP contribution in [0.1, 0.15) is 45.1 Å². The van der Waals surface area contributed by atoms with Gasteiger partial charge in [-0.15, -0.1) is 11.8 Å². The summed E-state index contributed by atoms with van der Waals surface area (Å²) in [5.41, 5.74) is 2.34. The number of halogens is 1. The molecule has 0 heterocycles. The van der Waals surface area contributed by atoms with Crippen molar-refractivity contribution in [3.63, 3.8) is 0 Å². The zero-order chi connectivity index (χ0) is 20.5. The van der Waals surface area contributed by atoms with Gasteiger partial charge in [-0.3, -0.25) is 9.59 Å². The molecule has 0 saturated carbocycles. The molecule has 2 amide bonds. The number of benzene rings is 2. The Morgan fingerprint density at radius 3 is 2.57 bits per heavy atom. The van der Waals surface area contributed by atoms with Crippen LogP contribution in [-0.4, -0.2) is 17.1 Å². The molecular weight excluding hydrogens is 392 g/mol. The zero-order valence-electron chi connectivity index (χ0n) is 16.5. The van der Waals surface area contributed by atoms with Crippen molar-refractivity contribution in [1.82, 2.24) is 0 Å². The highest BCUT2D eigenvalue weighted by molar-refractivity contribution is 8.00. The molecule has 0 fully saturated rings. The monoisotopic (exact) mass is 418 g/mol. The highest BCUT2D eigenvalue weighted by atomic mass is 35.5. The molecule has 6 heteroatoms. The van der Waals surface area contributed by atoms with Crippen LogP contribution in [-0.2, 0) is 9.59 Å². The molecule has 0 bridgehead atoms. The first kappa shape index (κ1) is 22.3. The van der Waals surface area contributed by atoms with Gasteiger partial charge in [0, 0.05) is 27.7 Å². The lowest BCUT2D eigenvalue weighted by molar-refractivity contribution is -0.116. The highest BCUT2D eigenvalue weighted by Crippen LogP contribution is 2.30. The lowest BCUT2D eigenvalue weighted by Crippen LogP contribution is -2.25. The Morgan fingerprint density at radius 1 is 1.11 bits per heavy atom. The number of anilines is 2. The fourth-order valence-corrected chi connectivity index (χ4v) is 3.84. The lowest BCUT2D eigenvalue weighted by atomic mass is 10.2. The zero-order valence-corrected chi connectivity index (χ0v) is 18.1. The van der Waals surface area contributed by atoms with Gasteiger partial charge < -0.3 is 10.6 Å². The van der Waals surface area contributed by atoms with E-state index in [-0.39, 0.29) is 17.1 Å². The van der Waals surface area contributed by atoms with Crippen LogP contribution in [0.3, 0.4) is 0 Å². The van der Waals surface area contributed by atoms with Gasteiger partial charge in [0.2, 0.25) is 11.8 Å². The van der Waals surface area contributed by atoms with Gasteiger partial charge in [-0.05, 0) is 55.7 Å². The van der Waals surface area contributed by atoms with Gasteiger partial charge in [0.1, 0.15) is 0 Å². The summed E-state index contributed by atoms with van der Waals surface area (Å²) in [6.45, 7) is 5.93. The summed E-state index contributed by atoms with van der Waals surface area (Å²) in [4.78, 5) is 25.6. The lowest BCUT2D eigenvalue weighted by Gasteiger charge is -2.17. The van der Waals surface area contributed by atoms with Crippen molar-refractivity contribution in [2.45, 2.75) is 56.6 Å². The maximum atomic E-state index is 12.7. The molecule has 0 radical (unpaired) electrons. The Morgan fingerprint density at radius 2 is 1.86 bits per heavy atom. The van der Waals surface area contributed by atoms with Gasteiger partial charge >= 0.3 is 0 Å². The van der Waals surface area contributed by atoms with E-state index < -0.39 is 0 Å². The normalized spacial score (nSPS) is 11.7. The van der Waals surface area contributed by atoms with Crippen LogP contribution in [0, 0.1) is 6.92 Å². The fraction of sp³-hybridized carbons (Fsp3) is 0.364. The van der Waals surface area contributed by atoms with Crippen LogP contribution >= 0.6 is 23.4 Å². The second kappa shape index (κ2) is 11.1. The van der Waals surface area contributed by atoms with Gasteiger partial charge in [0.05, 0.1) is 5.25 Å². The first-order valence-electron chi connectivity index (χ1n) is 9.57. The Labute approximate surface area is 176 Å². The van der Waals surface area contributed by atoms with Crippen LogP contribution in [0.15, 0.2) is 47.4 Å². The molecule has 2 N–H and O–H groups in total. The molecule has 2 rings (SSSR count). The van der Waals surface area contributed by atoms with Crippen molar-refractivity contribution in [3.05, 3.63) is 53.1 Å². The second-order valence-corrected chi connectivity index (χ2v) is 8.28. The largest absolute Gasteiger partial charge is 0.326 e. The van der Waals surface area contributed by atoms with E-state index in [4.69, 9.17) is 11.6 Å². The van der Waals surface area contributed by atoms with E-state index in [1.54, 1.807) is 6.07 Å². The quantitative estimate of drug-likeness (QED) is 0.470. The number of carbonyl (C=O) groups is 2. The maximum Gasteiger partial charge on any atom is 0.237 e. The molecule has 4 nitrogen and oxygen atoms in total. The van der Waals surface area contributed by atoms with Crippen LogP contribution in [0.2, 0.25) is 5.02 Å². The third-order valence-corrected chi connectivity index (χ3v) is 6.11. The van der Waals surface area contributed by atoms with E-state index in [0.717, 1.165) is 34.7 Å². The summed E-state index contributed by atoms with van der Waals surface area (Å²) >= 11 is 7.63. The van der Waals surface area contributed by atoms with Gasteiger partial charge in [-0.1, -0.05) is 44.0 Å². The Kier molecular flexibility index (Phi) is 8.87. The molecule has 0 aromatic heterocycles. The molecule has 2 aromatic carbocycles. The summed E-state index contributed by atoms with van der Waals surface area (Å²) in [6, 6.07) is 13.1. The number of carbonyl (C=O) groups excluding carboxylic acids is 2. The number of amides is 2. The molecule has 28 heavy (non-hydrogen) atoms. The predicted octanol–water partition coefficient (Wildman–Crippen LogP) is 6.29. The van der Waals surface area contributed by atoms with E-state index in [2.05, 4.69) is 17.6 Å². The van der Waals surface area contributed by atoms with Crippen molar-refractivity contribution in [2.24, 2.45) is 0 Å². The third-order valence-electron chi connectivity index (χ3n) is 4.34. The van der Waals surface area contributed by atoms with E-state index >= 15 is 0 Å². The molecule has 2 aromatic rings. The SMILES string of the molecule is CCCCC(=O)Nc1cccc(SC(CC)C(=O)Nc2cccc(Cl)c2C)c1. The molecule has 0 aliphatic heterocycles. The van der Waals surface area contributed by atoms with Crippen LogP contribution < -0.4 is 10.6 Å². The van der Waals surface area contributed by atoms with Crippen LogP contribution in [0.5, 0.6) is 0 Å². The molecular formula is C22H27ClN2O2S. The minimum Gasteiger partial charge on any atom is -0.326 e. The average molecular weight is 419 g/mol. The Bertz CT molecular complexity index is 826. The summed E-state index contributed by atoms with van der Waals surface area (Å²) in [5, 5.41) is 6.29. The highest BCUT2D eigenvalue weighted by Gasteiger charge is 2.19. The average Bonchev–Trinajstić information content (AvgIpc) is 2.68. The van der Waals surface area contributed by atoms with Gasteiger partial charge in [0.15, 0.2) is 0 Å². The number of hydrogen-bond donors (Lipinski definition) is 2. The molecule has 0 saturated heterocycles. The van der Waals surface area contributed by atoms with Crippen molar-refractivity contribution in [1.29, 1.82) is 0 Å². The van der Waals surface area contributed by atoms with Crippen LogP contribution in [0.4, 0.5) is 11.4 Å². The van der Waals surface area contributed by atoms with E-state index in [1.165, 1.54) is 11.8 Å². The first-order chi connectivity index (χ1) is 13.4. The fourth-order valence-electron chi connectivity index (χ4n) is 2.65. The number of thioether (sulfide) groups is 1. The van der Waals surface area contributed by atoms with Crippen LogP contribution in [0.25, 0.3) is 0 Å². The van der Waals surface area contributed by atoms with E-state index in [1.807, 2.05) is 50.2 Å². The maximum absolute atomic E-state index is 12.7. The second-order valence-electron chi connectivity index (χ2n) is 6.60. The smallest absolute Gasteiger partial charge is 0.237 e. The summed E-state index contributed by atoms with van der Waals surface area (Å²) in [6.07, 6.45) is 3.07. The molecule has 150 valence electrons. The predicted molar refractivity (Wildman–Crippen MR) is 119 cm³/mol. The van der Waals surface area contributed by atoms with Crippen molar-refractivity contribution in [3.8, 4) is 0 Å².